The Labute approximate surface area is 272 Å². The van der Waals surface area contributed by atoms with E-state index in [1.807, 2.05) is 97.1 Å². The Morgan fingerprint density at radius 3 is 1.17 bits per heavy atom. The van der Waals surface area contributed by atoms with Crippen molar-refractivity contribution >= 4 is 89.0 Å². The normalized spacial score (nSPS) is 11.9. The molecule has 0 aliphatic heterocycles. The Kier molecular flexibility index (Phi) is 5.49. The van der Waals surface area contributed by atoms with Crippen molar-refractivity contribution in [3.63, 3.8) is 0 Å². The van der Waals surface area contributed by atoms with Gasteiger partial charge < -0.3 is 0 Å². The molecule has 0 spiro atoms. The monoisotopic (exact) mass is 614 g/mol. The van der Waals surface area contributed by atoms with Gasteiger partial charge >= 0.3 is 0 Å². The summed E-state index contributed by atoms with van der Waals surface area (Å²) >= 11 is 0. The summed E-state index contributed by atoms with van der Waals surface area (Å²) in [6, 6.07) is 39.7. The van der Waals surface area contributed by atoms with E-state index >= 15 is 0 Å². The van der Waals surface area contributed by atoms with E-state index in [0.29, 0.717) is 11.1 Å². The zero-order valence-corrected chi connectivity index (χ0v) is 25.3. The van der Waals surface area contributed by atoms with Gasteiger partial charge in [-0.25, -0.2) is 19.9 Å². The lowest BCUT2D eigenvalue weighted by atomic mass is 9.83. The van der Waals surface area contributed by atoms with E-state index in [2.05, 4.69) is 24.3 Å². The summed E-state index contributed by atoms with van der Waals surface area (Å²) < 4.78 is 0. The summed E-state index contributed by atoms with van der Waals surface area (Å²) in [6.45, 7) is 0. The first kappa shape index (κ1) is 26.5. The van der Waals surface area contributed by atoms with Gasteiger partial charge in [-0.2, -0.15) is 0 Å². The maximum absolute atomic E-state index is 11.6. The molecule has 10 aromatic rings. The molecule has 6 nitrogen and oxygen atoms in total. The van der Waals surface area contributed by atoms with Crippen LogP contribution in [0.5, 0.6) is 0 Å². The molecule has 10 rings (SSSR count). The van der Waals surface area contributed by atoms with Crippen molar-refractivity contribution in [3.8, 4) is 22.3 Å². The summed E-state index contributed by atoms with van der Waals surface area (Å²) in [5.41, 5.74) is 11.5. The molecule has 0 atom stereocenters. The average molecular weight is 615 g/mol. The number of nitrogens with zero attached hydrogens (tertiary/aromatic N) is 4. The van der Waals surface area contributed by atoms with Crippen molar-refractivity contribution in [2.75, 3.05) is 0 Å². The van der Waals surface area contributed by atoms with Crippen LogP contribution in [0.3, 0.4) is 0 Å². The van der Waals surface area contributed by atoms with Crippen molar-refractivity contribution < 1.29 is 9.59 Å². The number of hydrogen-bond donors (Lipinski definition) is 0. The van der Waals surface area contributed by atoms with Gasteiger partial charge in [0.05, 0.1) is 44.1 Å². The van der Waals surface area contributed by atoms with Crippen molar-refractivity contribution in [1.82, 2.24) is 19.9 Å². The van der Waals surface area contributed by atoms with Crippen LogP contribution in [0.15, 0.2) is 121 Å². The smallest absolute Gasteiger partial charge is 0.150 e. The van der Waals surface area contributed by atoms with Gasteiger partial charge in [-0.3, -0.25) is 9.59 Å². The highest BCUT2D eigenvalue weighted by molar-refractivity contribution is 6.42. The Balaban J connectivity index is 1.53. The first-order chi connectivity index (χ1) is 23.7. The Bertz CT molecular complexity index is 2780. The summed E-state index contributed by atoms with van der Waals surface area (Å²) in [6.07, 6.45) is 1.71. The largest absolute Gasteiger partial charge is 0.298 e. The molecule has 6 heteroatoms. The summed E-state index contributed by atoms with van der Waals surface area (Å²) in [7, 11) is 0. The van der Waals surface area contributed by atoms with Gasteiger partial charge in [-0.05, 0) is 52.6 Å². The van der Waals surface area contributed by atoms with Gasteiger partial charge in [-0.1, -0.05) is 91.0 Å². The number of rotatable bonds is 4. The fourth-order valence-electron chi connectivity index (χ4n) is 7.30. The van der Waals surface area contributed by atoms with E-state index in [4.69, 9.17) is 19.9 Å². The van der Waals surface area contributed by atoms with Gasteiger partial charge in [0.25, 0.3) is 0 Å². The lowest BCUT2D eigenvalue weighted by molar-refractivity contribution is 0.111. The zero-order chi connectivity index (χ0) is 31.9. The second-order valence-electron chi connectivity index (χ2n) is 12.1. The van der Waals surface area contributed by atoms with Gasteiger partial charge in [0.1, 0.15) is 12.6 Å². The molecule has 0 fully saturated rings. The Hall–Kier alpha value is -6.66. The van der Waals surface area contributed by atoms with E-state index in [-0.39, 0.29) is 0 Å². The lowest BCUT2D eigenvalue weighted by Gasteiger charge is -2.21. The number of fused-ring (bicyclic) bond motifs is 8. The third-order valence-electron chi connectivity index (χ3n) is 9.48. The molecule has 8 aromatic carbocycles. The number of aldehydes is 2. The predicted octanol–water partition coefficient (Wildman–Crippen LogP) is 9.74. The molecular formula is C42H22N4O2. The molecule has 0 bridgehead atoms. The van der Waals surface area contributed by atoms with Crippen LogP contribution >= 0.6 is 0 Å². The van der Waals surface area contributed by atoms with Crippen molar-refractivity contribution in [2.45, 2.75) is 0 Å². The van der Waals surface area contributed by atoms with Crippen LogP contribution < -0.4 is 0 Å². The number of carbonyl (C=O) groups excluding carboxylic acids is 2. The summed E-state index contributed by atoms with van der Waals surface area (Å²) in [4.78, 5) is 44.4. The van der Waals surface area contributed by atoms with Crippen LogP contribution in [-0.4, -0.2) is 32.5 Å². The molecule has 2 heterocycles. The summed E-state index contributed by atoms with van der Waals surface area (Å²) in [5, 5.41) is 5.99. The number of carbonyl (C=O) groups is 2. The van der Waals surface area contributed by atoms with Crippen LogP contribution in [0.25, 0.3) is 98.7 Å². The fourth-order valence-corrected chi connectivity index (χ4v) is 7.30. The van der Waals surface area contributed by atoms with E-state index in [1.54, 1.807) is 0 Å². The van der Waals surface area contributed by atoms with Gasteiger partial charge in [0.2, 0.25) is 0 Å². The number of benzene rings is 8. The molecule has 0 N–H and O–H groups in total. The molecule has 2 aromatic heterocycles. The molecule has 0 saturated carbocycles. The molecule has 222 valence electrons. The van der Waals surface area contributed by atoms with E-state index < -0.39 is 0 Å². The third-order valence-corrected chi connectivity index (χ3v) is 9.48. The van der Waals surface area contributed by atoms with E-state index in [9.17, 15) is 9.59 Å². The molecule has 0 aliphatic rings. The molecule has 0 radical (unpaired) electrons. The first-order valence-corrected chi connectivity index (χ1v) is 15.7. The van der Waals surface area contributed by atoms with Gasteiger partial charge in [0, 0.05) is 43.4 Å². The number of para-hydroxylation sites is 4. The van der Waals surface area contributed by atoms with Crippen LogP contribution in [-0.2, 0) is 0 Å². The minimum absolute atomic E-state index is 0.602. The minimum Gasteiger partial charge on any atom is -0.298 e. The fraction of sp³-hybridized carbons (Fsp3) is 0. The quantitative estimate of drug-likeness (QED) is 0.111. The highest BCUT2D eigenvalue weighted by Crippen LogP contribution is 2.50. The standard InChI is InChI=1S/C42H22N4O2/c47-21-23-12-16-25(17-13-23)29-20-30(26-18-14-24(22-48)15-19-26)37-38-35-27(39-41(36(29)38)45-33-10-3-1-8-31(33)43-39)6-5-7-28(35)40-42(37)46-34-11-4-2-9-32(34)44-40/h1-22H. The second-order valence-corrected chi connectivity index (χ2v) is 12.1. The van der Waals surface area contributed by atoms with Crippen LogP contribution in [0, 0.1) is 0 Å². The first-order valence-electron chi connectivity index (χ1n) is 15.7. The molecule has 0 aliphatic carbocycles. The highest BCUT2D eigenvalue weighted by Gasteiger charge is 2.25. The lowest BCUT2D eigenvalue weighted by Crippen LogP contribution is -1.99. The maximum atomic E-state index is 11.6. The van der Waals surface area contributed by atoms with Crippen LogP contribution in [0.2, 0.25) is 0 Å². The second kappa shape index (κ2) is 9.92. The molecule has 0 saturated heterocycles. The van der Waals surface area contributed by atoms with Crippen molar-refractivity contribution in [2.24, 2.45) is 0 Å². The van der Waals surface area contributed by atoms with Crippen LogP contribution in [0.1, 0.15) is 20.7 Å². The van der Waals surface area contributed by atoms with E-state index in [0.717, 1.165) is 111 Å². The predicted molar refractivity (Wildman–Crippen MR) is 193 cm³/mol. The number of hydrogen-bond acceptors (Lipinski definition) is 6. The molecule has 0 amide bonds. The Morgan fingerprint density at radius 1 is 0.375 bits per heavy atom. The topological polar surface area (TPSA) is 85.7 Å². The molecule has 48 heavy (non-hydrogen) atoms. The molecule has 0 unspecified atom stereocenters. The Morgan fingerprint density at radius 2 is 0.771 bits per heavy atom. The summed E-state index contributed by atoms with van der Waals surface area (Å²) in [5.74, 6) is 0. The minimum atomic E-state index is 0.602. The maximum Gasteiger partial charge on any atom is 0.150 e. The van der Waals surface area contributed by atoms with E-state index in [1.165, 1.54) is 0 Å². The van der Waals surface area contributed by atoms with Crippen molar-refractivity contribution in [3.05, 3.63) is 132 Å². The zero-order valence-electron chi connectivity index (χ0n) is 25.3. The van der Waals surface area contributed by atoms with Gasteiger partial charge in [-0.15, -0.1) is 0 Å². The van der Waals surface area contributed by atoms with Crippen LogP contribution in [0.4, 0.5) is 0 Å². The molecular weight excluding hydrogens is 592 g/mol. The SMILES string of the molecule is O=Cc1ccc(-c2cc(-c3ccc(C=O)cc3)c3c4nc5ccccc5nc4c4cccc5c6nc7ccccc7nc6c2c3c54)cc1. The highest BCUT2D eigenvalue weighted by atomic mass is 16.1. The van der Waals surface area contributed by atoms with Gasteiger partial charge in [0.15, 0.2) is 0 Å². The number of aromatic nitrogens is 4. The van der Waals surface area contributed by atoms with Crippen molar-refractivity contribution in [1.29, 1.82) is 0 Å². The third kappa shape index (κ3) is 3.68. The average Bonchev–Trinajstić information content (AvgIpc) is 3.15.